The highest BCUT2D eigenvalue weighted by molar-refractivity contribution is 7.89. The third-order valence-corrected chi connectivity index (χ3v) is 5.45. The summed E-state index contributed by atoms with van der Waals surface area (Å²) < 4.78 is 22.7. The van der Waals surface area contributed by atoms with Gasteiger partial charge in [0.1, 0.15) is 0 Å². The van der Waals surface area contributed by atoms with Crippen molar-refractivity contribution in [3.63, 3.8) is 0 Å². The fraction of sp³-hybridized carbons (Fsp3) is 0.500. The summed E-state index contributed by atoms with van der Waals surface area (Å²) in [5, 5.41) is 14.8. The molecular formula is C10H13N3O5S2. The smallest absolute Gasteiger partial charge is 0.324 e. The predicted octanol–water partition coefficient (Wildman–Crippen LogP) is 0.549. The van der Waals surface area contributed by atoms with Crippen LogP contribution in [0.2, 0.25) is 0 Å². The Bertz CT molecular complexity index is 639. The van der Waals surface area contributed by atoms with Gasteiger partial charge in [0.05, 0.1) is 15.1 Å². The van der Waals surface area contributed by atoms with Gasteiger partial charge < -0.3 is 4.90 Å². The van der Waals surface area contributed by atoms with E-state index in [1.165, 1.54) is 17.0 Å². The SMILES string of the molecule is NS(=O)(=O)C1CCCN(C(=O)c2ccc([N+](=O)[O-])s2)C1. The number of thiophene rings is 1. The summed E-state index contributed by atoms with van der Waals surface area (Å²) in [6, 6.07) is 2.64. The van der Waals surface area contributed by atoms with Gasteiger partial charge >= 0.3 is 5.00 Å². The molecule has 1 atom stereocenters. The maximum atomic E-state index is 12.2. The Morgan fingerprint density at radius 1 is 1.50 bits per heavy atom. The fourth-order valence-corrected chi connectivity index (χ4v) is 3.76. The fourth-order valence-electron chi connectivity index (χ4n) is 2.09. The quantitative estimate of drug-likeness (QED) is 0.643. The molecule has 1 saturated heterocycles. The van der Waals surface area contributed by atoms with Crippen LogP contribution < -0.4 is 5.14 Å². The van der Waals surface area contributed by atoms with E-state index >= 15 is 0 Å². The zero-order valence-corrected chi connectivity index (χ0v) is 12.0. The molecule has 0 spiro atoms. The minimum Gasteiger partial charge on any atom is -0.337 e. The number of nitro groups is 1. The number of amides is 1. The molecule has 0 saturated carbocycles. The van der Waals surface area contributed by atoms with Crippen LogP contribution in [0.4, 0.5) is 5.00 Å². The van der Waals surface area contributed by atoms with E-state index in [1.54, 1.807) is 0 Å². The molecule has 1 aromatic rings. The summed E-state index contributed by atoms with van der Waals surface area (Å²) in [5.74, 6) is -0.392. The van der Waals surface area contributed by atoms with Gasteiger partial charge in [-0.15, -0.1) is 0 Å². The summed E-state index contributed by atoms with van der Waals surface area (Å²) in [5.41, 5.74) is 0. The lowest BCUT2D eigenvalue weighted by Gasteiger charge is -2.31. The van der Waals surface area contributed by atoms with E-state index in [1.807, 2.05) is 0 Å². The standard InChI is InChI=1S/C10H13N3O5S2/c11-20(17,18)7-2-1-5-12(6-7)10(14)8-3-4-9(19-8)13(15)16/h3-4,7H,1-2,5-6H2,(H2,11,17,18). The zero-order chi connectivity index (χ0) is 14.9. The summed E-state index contributed by atoms with van der Waals surface area (Å²) in [6.45, 7) is 0.458. The number of primary sulfonamides is 1. The molecule has 1 amide bonds. The predicted molar refractivity (Wildman–Crippen MR) is 73.0 cm³/mol. The zero-order valence-electron chi connectivity index (χ0n) is 10.4. The van der Waals surface area contributed by atoms with Gasteiger partial charge in [0.25, 0.3) is 5.91 Å². The van der Waals surface area contributed by atoms with E-state index in [4.69, 9.17) is 5.14 Å². The minimum atomic E-state index is -3.68. The van der Waals surface area contributed by atoms with Crippen LogP contribution in [0.1, 0.15) is 22.5 Å². The van der Waals surface area contributed by atoms with Crippen LogP contribution in [0.25, 0.3) is 0 Å². The van der Waals surface area contributed by atoms with E-state index in [0.717, 1.165) is 11.3 Å². The molecule has 8 nitrogen and oxygen atoms in total. The van der Waals surface area contributed by atoms with Crippen LogP contribution in [-0.2, 0) is 10.0 Å². The summed E-state index contributed by atoms with van der Waals surface area (Å²) in [4.78, 5) is 23.8. The number of likely N-dealkylation sites (tertiary alicyclic amines) is 1. The number of sulfonamides is 1. The lowest BCUT2D eigenvalue weighted by Crippen LogP contribution is -2.46. The highest BCUT2D eigenvalue weighted by Gasteiger charge is 2.31. The Morgan fingerprint density at radius 2 is 2.20 bits per heavy atom. The number of nitrogens with two attached hydrogens (primary N) is 1. The molecule has 0 radical (unpaired) electrons. The Labute approximate surface area is 119 Å². The molecule has 2 heterocycles. The van der Waals surface area contributed by atoms with Gasteiger partial charge in [0.15, 0.2) is 0 Å². The van der Waals surface area contributed by atoms with Gasteiger partial charge in [-0.3, -0.25) is 14.9 Å². The lowest BCUT2D eigenvalue weighted by molar-refractivity contribution is -0.380. The van der Waals surface area contributed by atoms with Crippen molar-refractivity contribution in [3.05, 3.63) is 27.1 Å². The molecule has 1 fully saturated rings. The molecule has 1 unspecified atom stereocenters. The van der Waals surface area contributed by atoms with Gasteiger partial charge in [-0.05, 0) is 18.9 Å². The maximum Gasteiger partial charge on any atom is 0.324 e. The van der Waals surface area contributed by atoms with E-state index in [9.17, 15) is 23.3 Å². The Kier molecular flexibility index (Phi) is 4.06. The summed E-state index contributed by atoms with van der Waals surface area (Å²) in [6.07, 6.45) is 0.966. The number of hydrogen-bond acceptors (Lipinski definition) is 6. The van der Waals surface area contributed by atoms with Crippen molar-refractivity contribution in [2.45, 2.75) is 18.1 Å². The number of rotatable bonds is 3. The molecular weight excluding hydrogens is 306 g/mol. The van der Waals surface area contributed by atoms with Crippen molar-refractivity contribution in [1.82, 2.24) is 4.90 Å². The molecule has 0 bridgehead atoms. The highest BCUT2D eigenvalue weighted by Crippen LogP contribution is 2.26. The Hall–Kier alpha value is -1.52. The largest absolute Gasteiger partial charge is 0.337 e. The normalized spacial score (nSPS) is 19.9. The number of hydrogen-bond donors (Lipinski definition) is 1. The Balaban J connectivity index is 2.14. The molecule has 1 aliphatic heterocycles. The van der Waals surface area contributed by atoms with Gasteiger partial charge in [-0.1, -0.05) is 11.3 Å². The number of carbonyl (C=O) groups is 1. The number of nitrogens with zero attached hydrogens (tertiary/aromatic N) is 2. The third-order valence-electron chi connectivity index (χ3n) is 3.11. The first-order valence-corrected chi connectivity index (χ1v) is 8.27. The van der Waals surface area contributed by atoms with Gasteiger partial charge in [-0.25, -0.2) is 13.6 Å². The second-order valence-corrected chi connectivity index (χ2v) is 7.41. The minimum absolute atomic E-state index is 0.0311. The summed E-state index contributed by atoms with van der Waals surface area (Å²) in [7, 11) is -3.68. The first-order valence-electron chi connectivity index (χ1n) is 5.84. The van der Waals surface area contributed by atoms with E-state index < -0.39 is 26.1 Å². The first-order chi connectivity index (χ1) is 9.29. The van der Waals surface area contributed by atoms with Crippen LogP contribution in [0.15, 0.2) is 12.1 Å². The van der Waals surface area contributed by atoms with Gasteiger partial charge in [0, 0.05) is 19.2 Å². The van der Waals surface area contributed by atoms with Crippen molar-refractivity contribution in [2.24, 2.45) is 5.14 Å². The van der Waals surface area contributed by atoms with Crippen LogP contribution >= 0.6 is 11.3 Å². The molecule has 10 heteroatoms. The maximum absolute atomic E-state index is 12.2. The van der Waals surface area contributed by atoms with E-state index in [-0.39, 0.29) is 16.4 Å². The van der Waals surface area contributed by atoms with Crippen molar-refractivity contribution in [1.29, 1.82) is 0 Å². The van der Waals surface area contributed by atoms with Crippen LogP contribution in [0.3, 0.4) is 0 Å². The molecule has 20 heavy (non-hydrogen) atoms. The highest BCUT2D eigenvalue weighted by atomic mass is 32.2. The van der Waals surface area contributed by atoms with Crippen LogP contribution in [-0.4, -0.2) is 42.5 Å². The number of carbonyl (C=O) groups excluding carboxylic acids is 1. The van der Waals surface area contributed by atoms with Gasteiger partial charge in [0.2, 0.25) is 10.0 Å². The second-order valence-electron chi connectivity index (χ2n) is 4.50. The van der Waals surface area contributed by atoms with Crippen molar-refractivity contribution in [2.75, 3.05) is 13.1 Å². The molecule has 1 aromatic heterocycles. The molecule has 110 valence electrons. The van der Waals surface area contributed by atoms with Crippen molar-refractivity contribution >= 4 is 32.3 Å². The third kappa shape index (κ3) is 3.14. The van der Waals surface area contributed by atoms with Crippen molar-refractivity contribution in [3.8, 4) is 0 Å². The van der Waals surface area contributed by atoms with Crippen molar-refractivity contribution < 1.29 is 18.1 Å². The molecule has 1 aliphatic rings. The van der Waals surface area contributed by atoms with Crippen LogP contribution in [0, 0.1) is 10.1 Å². The molecule has 0 aromatic carbocycles. The monoisotopic (exact) mass is 319 g/mol. The van der Waals surface area contributed by atoms with Crippen LogP contribution in [0.5, 0.6) is 0 Å². The van der Waals surface area contributed by atoms with E-state index in [2.05, 4.69) is 0 Å². The molecule has 2 rings (SSSR count). The van der Waals surface area contributed by atoms with Gasteiger partial charge in [-0.2, -0.15) is 0 Å². The number of piperidine rings is 1. The second kappa shape index (κ2) is 5.46. The molecule has 0 aliphatic carbocycles. The first kappa shape index (κ1) is 14.9. The van der Waals surface area contributed by atoms with E-state index in [0.29, 0.717) is 19.4 Å². The molecule has 2 N–H and O–H groups in total. The lowest BCUT2D eigenvalue weighted by atomic mass is 10.1. The topological polar surface area (TPSA) is 124 Å². The average Bonchev–Trinajstić information content (AvgIpc) is 2.87. The average molecular weight is 319 g/mol. The summed E-state index contributed by atoms with van der Waals surface area (Å²) >= 11 is 0.780. The Morgan fingerprint density at radius 3 is 2.75 bits per heavy atom.